The molecule has 2 N–H and O–H groups in total. The Morgan fingerprint density at radius 1 is 0.903 bits per heavy atom. The Balaban J connectivity index is 1.50. The van der Waals surface area contributed by atoms with E-state index in [1.54, 1.807) is 18.0 Å². The molecule has 1 saturated heterocycles. The quantitative estimate of drug-likeness (QED) is 0.433. The van der Waals surface area contributed by atoms with Crippen LogP contribution in [0.4, 0.5) is 17.5 Å². The van der Waals surface area contributed by atoms with E-state index in [-0.39, 0.29) is 0 Å². The number of aromatic amines is 1. The van der Waals surface area contributed by atoms with Crippen molar-refractivity contribution in [3.63, 3.8) is 0 Å². The molecule has 0 saturated carbocycles. The fourth-order valence-electron chi connectivity index (χ4n) is 3.45. The summed E-state index contributed by atoms with van der Waals surface area (Å²) in [7, 11) is 0. The highest BCUT2D eigenvalue weighted by Gasteiger charge is 2.17. The zero-order valence-corrected chi connectivity index (χ0v) is 17.7. The Labute approximate surface area is 184 Å². The van der Waals surface area contributed by atoms with Gasteiger partial charge in [0.05, 0.1) is 13.2 Å². The van der Waals surface area contributed by atoms with Gasteiger partial charge in [-0.15, -0.1) is 0 Å². The summed E-state index contributed by atoms with van der Waals surface area (Å²) in [5, 5.41) is 11.0. The van der Waals surface area contributed by atoms with Crippen LogP contribution < -0.4 is 10.2 Å². The number of benzene rings is 2. The number of anilines is 3. The second-order valence-corrected chi connectivity index (χ2v) is 8.05. The molecule has 0 atom stereocenters. The topological polar surface area (TPSA) is 79.0 Å². The molecule has 0 radical (unpaired) electrons. The Morgan fingerprint density at radius 2 is 1.71 bits per heavy atom. The molecule has 5 rings (SSSR count). The zero-order chi connectivity index (χ0) is 20.9. The molecule has 31 heavy (non-hydrogen) atoms. The van der Waals surface area contributed by atoms with E-state index >= 15 is 0 Å². The summed E-state index contributed by atoms with van der Waals surface area (Å²) in [6.07, 6.45) is 1.78. The molecule has 2 aromatic heterocycles. The Hall–Kier alpha value is -3.36. The van der Waals surface area contributed by atoms with Gasteiger partial charge in [0.2, 0.25) is 0 Å². The van der Waals surface area contributed by atoms with Crippen LogP contribution in [0.2, 0.25) is 0 Å². The standard InChI is InChI=1S/C23H22N6OS/c1-2-6-17(7-3-1)18-8-4-5-9-19(18)31-23-26-21(25-20-10-11-24-28-20)16-22(27-23)29-12-14-30-15-13-29/h1-11,16H,12-15H2,(H2,24,25,26,27,28). The van der Waals surface area contributed by atoms with Crippen LogP contribution >= 0.6 is 11.8 Å². The first-order valence-corrected chi connectivity index (χ1v) is 11.0. The summed E-state index contributed by atoms with van der Waals surface area (Å²) >= 11 is 1.57. The van der Waals surface area contributed by atoms with Crippen LogP contribution in [0, 0.1) is 0 Å². The number of nitrogens with one attached hydrogen (secondary N) is 2. The van der Waals surface area contributed by atoms with Crippen molar-refractivity contribution in [2.24, 2.45) is 0 Å². The van der Waals surface area contributed by atoms with Crippen LogP contribution in [0.25, 0.3) is 11.1 Å². The van der Waals surface area contributed by atoms with Gasteiger partial charge in [-0.25, -0.2) is 9.97 Å². The highest BCUT2D eigenvalue weighted by molar-refractivity contribution is 7.99. The van der Waals surface area contributed by atoms with E-state index < -0.39 is 0 Å². The molecule has 1 aliphatic heterocycles. The third kappa shape index (κ3) is 4.70. The van der Waals surface area contributed by atoms with Crippen LogP contribution in [-0.4, -0.2) is 46.5 Å². The van der Waals surface area contributed by atoms with Gasteiger partial charge >= 0.3 is 0 Å². The normalized spacial score (nSPS) is 13.9. The molecule has 0 unspecified atom stereocenters. The maximum atomic E-state index is 5.51. The first kappa shape index (κ1) is 19.6. The number of ether oxygens (including phenoxy) is 1. The number of morpholine rings is 1. The van der Waals surface area contributed by atoms with Gasteiger partial charge < -0.3 is 15.0 Å². The molecule has 2 aromatic carbocycles. The minimum Gasteiger partial charge on any atom is -0.378 e. The van der Waals surface area contributed by atoms with Gasteiger partial charge in [-0.1, -0.05) is 48.5 Å². The van der Waals surface area contributed by atoms with Crippen LogP contribution in [0.3, 0.4) is 0 Å². The van der Waals surface area contributed by atoms with Gasteiger partial charge in [-0.05, 0) is 29.0 Å². The van der Waals surface area contributed by atoms with Crippen molar-refractivity contribution in [2.75, 3.05) is 36.5 Å². The molecule has 3 heterocycles. The number of nitrogens with zero attached hydrogens (tertiary/aromatic N) is 4. The molecule has 4 aromatic rings. The number of rotatable bonds is 6. The van der Waals surface area contributed by atoms with E-state index in [1.807, 2.05) is 24.3 Å². The Morgan fingerprint density at radius 3 is 2.52 bits per heavy atom. The highest BCUT2D eigenvalue weighted by atomic mass is 32.2. The first-order valence-electron chi connectivity index (χ1n) is 10.2. The van der Waals surface area contributed by atoms with Crippen LogP contribution in [0.1, 0.15) is 0 Å². The SMILES string of the molecule is c1ccc(-c2ccccc2Sc2nc(Nc3cc[nH]n3)cc(N3CCOCC3)n2)cc1. The molecule has 1 aliphatic rings. The summed E-state index contributed by atoms with van der Waals surface area (Å²) in [4.78, 5) is 13.0. The van der Waals surface area contributed by atoms with E-state index in [4.69, 9.17) is 14.7 Å². The molecular formula is C23H22N6OS. The predicted octanol–water partition coefficient (Wildman–Crippen LogP) is 4.60. The summed E-state index contributed by atoms with van der Waals surface area (Å²) in [6.45, 7) is 3.02. The summed E-state index contributed by atoms with van der Waals surface area (Å²) in [6, 6.07) is 22.6. The van der Waals surface area contributed by atoms with Gasteiger partial charge in [-0.2, -0.15) is 5.10 Å². The molecular weight excluding hydrogens is 408 g/mol. The fraction of sp³-hybridized carbons (Fsp3) is 0.174. The van der Waals surface area contributed by atoms with Gasteiger partial charge in [0, 0.05) is 36.3 Å². The summed E-state index contributed by atoms with van der Waals surface area (Å²) < 4.78 is 5.51. The molecule has 156 valence electrons. The lowest BCUT2D eigenvalue weighted by Crippen LogP contribution is -2.36. The Bertz CT molecular complexity index is 1130. The van der Waals surface area contributed by atoms with Crippen molar-refractivity contribution in [2.45, 2.75) is 10.1 Å². The average molecular weight is 431 g/mol. The van der Waals surface area contributed by atoms with Gasteiger partial charge in [0.15, 0.2) is 11.0 Å². The number of aromatic nitrogens is 4. The second-order valence-electron chi connectivity index (χ2n) is 7.04. The number of H-pyrrole nitrogens is 1. The van der Waals surface area contributed by atoms with E-state index in [9.17, 15) is 0 Å². The van der Waals surface area contributed by atoms with Gasteiger partial charge in [0.25, 0.3) is 0 Å². The van der Waals surface area contributed by atoms with E-state index in [2.05, 4.69) is 62.9 Å². The smallest absolute Gasteiger partial charge is 0.196 e. The first-order chi connectivity index (χ1) is 15.3. The molecule has 0 bridgehead atoms. The van der Waals surface area contributed by atoms with E-state index in [0.717, 1.165) is 29.4 Å². The van der Waals surface area contributed by atoms with E-state index in [0.29, 0.717) is 30.0 Å². The van der Waals surface area contributed by atoms with Crippen molar-refractivity contribution >= 4 is 29.2 Å². The van der Waals surface area contributed by atoms with Crippen molar-refractivity contribution in [3.8, 4) is 11.1 Å². The van der Waals surface area contributed by atoms with Crippen molar-refractivity contribution < 1.29 is 4.74 Å². The fourth-order valence-corrected chi connectivity index (χ4v) is 4.37. The zero-order valence-electron chi connectivity index (χ0n) is 16.9. The van der Waals surface area contributed by atoms with Crippen LogP contribution in [0.15, 0.2) is 83.0 Å². The molecule has 0 amide bonds. The molecule has 1 fully saturated rings. The summed E-state index contributed by atoms with van der Waals surface area (Å²) in [5.74, 6) is 2.31. The largest absolute Gasteiger partial charge is 0.378 e. The second kappa shape index (κ2) is 9.20. The van der Waals surface area contributed by atoms with Gasteiger partial charge in [-0.3, -0.25) is 5.10 Å². The molecule has 7 nitrogen and oxygen atoms in total. The van der Waals surface area contributed by atoms with Crippen molar-refractivity contribution in [3.05, 3.63) is 72.9 Å². The predicted molar refractivity (Wildman–Crippen MR) is 123 cm³/mol. The molecule has 0 spiro atoms. The molecule has 0 aliphatic carbocycles. The van der Waals surface area contributed by atoms with Gasteiger partial charge in [0.1, 0.15) is 11.6 Å². The lowest BCUT2D eigenvalue weighted by molar-refractivity contribution is 0.122. The van der Waals surface area contributed by atoms with Crippen molar-refractivity contribution in [1.82, 2.24) is 20.2 Å². The van der Waals surface area contributed by atoms with E-state index in [1.165, 1.54) is 5.56 Å². The van der Waals surface area contributed by atoms with Crippen LogP contribution in [0.5, 0.6) is 0 Å². The summed E-state index contributed by atoms with van der Waals surface area (Å²) in [5.41, 5.74) is 2.33. The minimum absolute atomic E-state index is 0.686. The highest BCUT2D eigenvalue weighted by Crippen LogP contribution is 2.35. The Kier molecular flexibility index (Phi) is 5.81. The monoisotopic (exact) mass is 430 g/mol. The number of hydrogen-bond acceptors (Lipinski definition) is 7. The average Bonchev–Trinajstić information content (AvgIpc) is 3.33. The number of hydrogen-bond donors (Lipinski definition) is 2. The minimum atomic E-state index is 0.686. The lowest BCUT2D eigenvalue weighted by Gasteiger charge is -2.28. The third-order valence-electron chi connectivity index (χ3n) is 4.96. The molecule has 8 heteroatoms. The third-order valence-corrected chi connectivity index (χ3v) is 5.90. The lowest BCUT2D eigenvalue weighted by atomic mass is 10.1. The maximum Gasteiger partial charge on any atom is 0.196 e. The van der Waals surface area contributed by atoms with Crippen LogP contribution in [-0.2, 0) is 4.74 Å². The maximum absolute atomic E-state index is 5.51. The van der Waals surface area contributed by atoms with Crippen molar-refractivity contribution in [1.29, 1.82) is 0 Å².